The van der Waals surface area contributed by atoms with Gasteiger partial charge < -0.3 is 4.90 Å². The largest absolute Gasteiger partial charge is 0.319 e. The lowest BCUT2D eigenvalue weighted by Gasteiger charge is -2.32. The zero-order valence-electron chi connectivity index (χ0n) is 11.0. The molecule has 4 nitrogen and oxygen atoms in total. The number of urea groups is 1. The SMILES string of the molecule is C[Si](C)(C)N1C(=O)CN(C2CCCCC2)C1=O. The molecular weight excluding hydrogens is 232 g/mol. The fraction of sp³-hybridized carbons (Fsp3) is 0.833. The molecule has 0 aromatic heterocycles. The zero-order chi connectivity index (χ0) is 12.6. The van der Waals surface area contributed by atoms with Gasteiger partial charge in [0.15, 0.2) is 8.24 Å². The summed E-state index contributed by atoms with van der Waals surface area (Å²) in [4.78, 5) is 26.1. The van der Waals surface area contributed by atoms with E-state index in [1.807, 2.05) is 24.5 Å². The first-order valence-corrected chi connectivity index (χ1v) is 9.99. The van der Waals surface area contributed by atoms with Crippen molar-refractivity contribution in [2.45, 2.75) is 57.8 Å². The summed E-state index contributed by atoms with van der Waals surface area (Å²) in [7, 11) is -1.86. The number of rotatable bonds is 2. The number of nitrogens with zero attached hydrogens (tertiary/aromatic N) is 2. The van der Waals surface area contributed by atoms with E-state index in [1.165, 1.54) is 19.3 Å². The molecule has 0 aromatic rings. The summed E-state index contributed by atoms with van der Waals surface area (Å²) in [5, 5.41) is 0. The highest BCUT2D eigenvalue weighted by Gasteiger charge is 2.45. The van der Waals surface area contributed by atoms with Crippen molar-refractivity contribution in [1.82, 2.24) is 9.47 Å². The summed E-state index contributed by atoms with van der Waals surface area (Å²) in [6, 6.07) is 0.280. The van der Waals surface area contributed by atoms with Crippen LogP contribution in [-0.2, 0) is 4.79 Å². The van der Waals surface area contributed by atoms with E-state index < -0.39 is 8.24 Å². The molecule has 0 spiro atoms. The Morgan fingerprint density at radius 2 is 1.65 bits per heavy atom. The van der Waals surface area contributed by atoms with Crippen molar-refractivity contribution in [3.05, 3.63) is 0 Å². The second kappa shape index (κ2) is 4.44. The summed E-state index contributed by atoms with van der Waals surface area (Å²) in [5.41, 5.74) is 0. The van der Waals surface area contributed by atoms with Crippen molar-refractivity contribution in [1.29, 1.82) is 0 Å². The first-order valence-electron chi connectivity index (χ1n) is 6.55. The van der Waals surface area contributed by atoms with Crippen molar-refractivity contribution in [2.75, 3.05) is 6.54 Å². The van der Waals surface area contributed by atoms with E-state index in [4.69, 9.17) is 0 Å². The van der Waals surface area contributed by atoms with Crippen molar-refractivity contribution >= 4 is 20.2 Å². The van der Waals surface area contributed by atoms with Gasteiger partial charge in [-0.25, -0.2) is 4.79 Å². The van der Waals surface area contributed by atoms with Gasteiger partial charge >= 0.3 is 6.03 Å². The second-order valence-electron chi connectivity index (χ2n) is 6.10. The van der Waals surface area contributed by atoms with Crippen molar-refractivity contribution in [2.24, 2.45) is 0 Å². The molecule has 1 saturated carbocycles. The van der Waals surface area contributed by atoms with Crippen LogP contribution in [0.1, 0.15) is 32.1 Å². The lowest BCUT2D eigenvalue weighted by molar-refractivity contribution is -0.122. The van der Waals surface area contributed by atoms with Gasteiger partial charge in [0.25, 0.3) is 0 Å². The van der Waals surface area contributed by atoms with Crippen LogP contribution >= 0.6 is 0 Å². The molecular formula is C12H22N2O2Si. The van der Waals surface area contributed by atoms with Gasteiger partial charge in [-0.05, 0) is 12.8 Å². The Balaban J connectivity index is 2.12. The fourth-order valence-electron chi connectivity index (χ4n) is 2.86. The van der Waals surface area contributed by atoms with Crippen LogP contribution < -0.4 is 0 Å². The van der Waals surface area contributed by atoms with Crippen LogP contribution in [0.5, 0.6) is 0 Å². The second-order valence-corrected chi connectivity index (χ2v) is 10.9. The van der Waals surface area contributed by atoms with Crippen LogP contribution in [0, 0.1) is 0 Å². The third-order valence-corrected chi connectivity index (χ3v) is 5.46. The van der Waals surface area contributed by atoms with Crippen molar-refractivity contribution < 1.29 is 9.59 Å². The van der Waals surface area contributed by atoms with Crippen LogP contribution in [0.15, 0.2) is 0 Å². The van der Waals surface area contributed by atoms with E-state index in [1.54, 1.807) is 4.57 Å². The predicted octanol–water partition coefficient (Wildman–Crippen LogP) is 2.42. The Labute approximate surface area is 104 Å². The van der Waals surface area contributed by atoms with Gasteiger partial charge in [0.1, 0.15) is 6.54 Å². The van der Waals surface area contributed by atoms with Crippen LogP contribution in [0.3, 0.4) is 0 Å². The molecule has 0 N–H and O–H groups in total. The van der Waals surface area contributed by atoms with Gasteiger partial charge in [-0.15, -0.1) is 0 Å². The van der Waals surface area contributed by atoms with Gasteiger partial charge in [-0.1, -0.05) is 38.9 Å². The highest BCUT2D eigenvalue weighted by molar-refractivity contribution is 6.78. The molecule has 17 heavy (non-hydrogen) atoms. The van der Waals surface area contributed by atoms with Crippen LogP contribution in [0.25, 0.3) is 0 Å². The predicted molar refractivity (Wildman–Crippen MR) is 69.2 cm³/mol. The van der Waals surface area contributed by atoms with Crippen LogP contribution in [0.4, 0.5) is 4.79 Å². The standard InChI is InChI=1S/C12H22N2O2Si/c1-17(2,3)14-11(15)9-13(12(14)16)10-7-5-4-6-8-10/h10H,4-9H2,1-3H3. The summed E-state index contributed by atoms with van der Waals surface area (Å²) >= 11 is 0. The van der Waals surface area contributed by atoms with E-state index in [0.29, 0.717) is 12.6 Å². The average Bonchev–Trinajstić information content (AvgIpc) is 2.54. The van der Waals surface area contributed by atoms with Crippen LogP contribution in [0.2, 0.25) is 19.6 Å². The molecule has 96 valence electrons. The lowest BCUT2D eigenvalue weighted by Crippen LogP contribution is -2.51. The van der Waals surface area contributed by atoms with Gasteiger partial charge in [-0.3, -0.25) is 9.36 Å². The van der Waals surface area contributed by atoms with E-state index in [9.17, 15) is 9.59 Å². The third-order valence-electron chi connectivity index (χ3n) is 3.68. The number of carbonyl (C=O) groups is 2. The first kappa shape index (κ1) is 12.6. The molecule has 2 rings (SSSR count). The zero-order valence-corrected chi connectivity index (χ0v) is 12.0. The van der Waals surface area contributed by atoms with Gasteiger partial charge in [0.2, 0.25) is 5.91 Å². The molecule has 5 heteroatoms. The number of hydrogen-bond acceptors (Lipinski definition) is 2. The molecule has 1 heterocycles. The maximum atomic E-state index is 12.3. The minimum atomic E-state index is -1.86. The molecule has 0 aromatic carbocycles. The van der Waals surface area contributed by atoms with Crippen molar-refractivity contribution in [3.63, 3.8) is 0 Å². The van der Waals surface area contributed by atoms with Gasteiger partial charge in [0.05, 0.1) is 0 Å². The minimum Gasteiger partial charge on any atom is -0.313 e. The molecule has 0 radical (unpaired) electrons. The first-order chi connectivity index (χ1) is 7.91. The number of amides is 3. The van der Waals surface area contributed by atoms with E-state index in [2.05, 4.69) is 0 Å². The Morgan fingerprint density at radius 3 is 2.12 bits per heavy atom. The average molecular weight is 254 g/mol. The topological polar surface area (TPSA) is 40.6 Å². The summed E-state index contributed by atoms with van der Waals surface area (Å²) in [5.74, 6) is 0.0136. The minimum absolute atomic E-state index is 0.0136. The fourth-order valence-corrected chi connectivity index (χ4v) is 4.38. The molecule has 0 atom stereocenters. The van der Waals surface area contributed by atoms with Gasteiger partial charge in [0, 0.05) is 6.04 Å². The summed E-state index contributed by atoms with van der Waals surface area (Å²) in [6.07, 6.45) is 5.78. The summed E-state index contributed by atoms with van der Waals surface area (Å²) in [6.45, 7) is 6.46. The highest BCUT2D eigenvalue weighted by atomic mass is 28.3. The Bertz CT molecular complexity index is 332. The number of hydrogen-bond donors (Lipinski definition) is 0. The maximum absolute atomic E-state index is 12.3. The molecule has 1 aliphatic carbocycles. The van der Waals surface area contributed by atoms with E-state index in [0.717, 1.165) is 12.8 Å². The van der Waals surface area contributed by atoms with E-state index >= 15 is 0 Å². The molecule has 2 fully saturated rings. The Kier molecular flexibility index (Phi) is 3.29. The number of carbonyl (C=O) groups excluding carboxylic acids is 2. The highest BCUT2D eigenvalue weighted by Crippen LogP contribution is 2.28. The molecule has 1 aliphatic heterocycles. The molecule has 2 aliphatic rings. The van der Waals surface area contributed by atoms with E-state index in [-0.39, 0.29) is 11.9 Å². The third kappa shape index (κ3) is 2.39. The smallest absolute Gasteiger partial charge is 0.313 e. The number of imide groups is 1. The monoisotopic (exact) mass is 254 g/mol. The van der Waals surface area contributed by atoms with Gasteiger partial charge in [-0.2, -0.15) is 0 Å². The normalized spacial score (nSPS) is 23.7. The molecule has 0 bridgehead atoms. The quantitative estimate of drug-likeness (QED) is 0.561. The molecule has 3 amide bonds. The molecule has 1 saturated heterocycles. The Morgan fingerprint density at radius 1 is 1.06 bits per heavy atom. The summed E-state index contributed by atoms with van der Waals surface area (Å²) < 4.78 is 1.56. The maximum Gasteiger partial charge on any atom is 0.319 e. The molecule has 0 unspecified atom stereocenters. The van der Waals surface area contributed by atoms with Crippen molar-refractivity contribution in [3.8, 4) is 0 Å². The van der Waals surface area contributed by atoms with Crippen LogP contribution in [-0.4, -0.2) is 42.2 Å². The lowest BCUT2D eigenvalue weighted by atomic mass is 9.94. The Hall–Kier alpha value is -0.843.